The van der Waals surface area contributed by atoms with Gasteiger partial charge in [0, 0.05) is 25.8 Å². The van der Waals surface area contributed by atoms with Gasteiger partial charge in [0.1, 0.15) is 26.3 Å². The molecule has 5 nitrogen and oxygen atoms in total. The number of sulfone groups is 1. The van der Waals surface area contributed by atoms with E-state index in [2.05, 4.69) is 9.97 Å². The number of nitrogens with zero attached hydrogens (tertiary/aromatic N) is 3. The van der Waals surface area contributed by atoms with Gasteiger partial charge in [-0.25, -0.2) is 18.4 Å². The minimum absolute atomic E-state index is 0.137. The van der Waals surface area contributed by atoms with E-state index in [9.17, 15) is 8.42 Å². The lowest BCUT2D eigenvalue weighted by Gasteiger charge is -2.22. The molecule has 2 rings (SSSR count). The summed E-state index contributed by atoms with van der Waals surface area (Å²) < 4.78 is 22.7. The number of hydrogen-bond acceptors (Lipinski definition) is 6. The van der Waals surface area contributed by atoms with Crippen molar-refractivity contribution in [1.82, 2.24) is 9.97 Å². The van der Waals surface area contributed by atoms with Gasteiger partial charge >= 0.3 is 0 Å². The van der Waals surface area contributed by atoms with Crippen molar-refractivity contribution in [3.05, 3.63) is 17.3 Å². The van der Waals surface area contributed by atoms with E-state index in [1.807, 2.05) is 30.2 Å². The fourth-order valence-electron chi connectivity index (χ4n) is 1.97. The Morgan fingerprint density at radius 2 is 2.05 bits per heavy atom. The Kier molecular flexibility index (Phi) is 4.59. The zero-order valence-electron chi connectivity index (χ0n) is 12.0. The molecule has 7 heteroatoms. The average Bonchev–Trinajstić information content (AvgIpc) is 2.85. The average molecular weight is 313 g/mol. The maximum atomic E-state index is 11.4. The molecule has 0 amide bonds. The summed E-state index contributed by atoms with van der Waals surface area (Å²) in [5, 5.41) is 3.00. The molecule has 0 aliphatic carbocycles. The summed E-state index contributed by atoms with van der Waals surface area (Å²) in [6, 6.07) is 2.00. The summed E-state index contributed by atoms with van der Waals surface area (Å²) in [4.78, 5) is 12.1. The van der Waals surface area contributed by atoms with Crippen molar-refractivity contribution >= 4 is 37.2 Å². The Balaban J connectivity index is 2.39. The minimum atomic E-state index is -2.98. The van der Waals surface area contributed by atoms with E-state index >= 15 is 0 Å². The Bertz CT molecular complexity index is 695. The van der Waals surface area contributed by atoms with E-state index in [1.165, 1.54) is 6.26 Å². The molecule has 110 valence electrons. The Morgan fingerprint density at radius 3 is 2.65 bits per heavy atom. The van der Waals surface area contributed by atoms with E-state index in [0.29, 0.717) is 6.54 Å². The molecule has 0 saturated heterocycles. The predicted molar refractivity (Wildman–Crippen MR) is 84.4 cm³/mol. The van der Waals surface area contributed by atoms with E-state index in [4.69, 9.17) is 0 Å². The molecule has 0 bridgehead atoms. The molecule has 20 heavy (non-hydrogen) atoms. The maximum Gasteiger partial charge on any atom is 0.149 e. The van der Waals surface area contributed by atoms with Crippen LogP contribution >= 0.6 is 11.3 Å². The lowest BCUT2D eigenvalue weighted by molar-refractivity contribution is 0.600. The smallest absolute Gasteiger partial charge is 0.149 e. The van der Waals surface area contributed by atoms with Crippen LogP contribution in [0.2, 0.25) is 0 Å². The van der Waals surface area contributed by atoms with Crippen LogP contribution in [0.15, 0.2) is 11.4 Å². The fraction of sp³-hybridized carbons (Fsp3) is 0.538. The van der Waals surface area contributed by atoms with Crippen molar-refractivity contribution in [2.75, 3.05) is 30.0 Å². The van der Waals surface area contributed by atoms with Gasteiger partial charge in [-0.1, -0.05) is 6.92 Å². The quantitative estimate of drug-likeness (QED) is 0.817. The first kappa shape index (κ1) is 15.2. The van der Waals surface area contributed by atoms with Crippen molar-refractivity contribution in [2.24, 2.45) is 0 Å². The van der Waals surface area contributed by atoms with Gasteiger partial charge in [-0.15, -0.1) is 11.3 Å². The molecule has 2 aromatic heterocycles. The van der Waals surface area contributed by atoms with E-state index < -0.39 is 9.84 Å². The van der Waals surface area contributed by atoms with Crippen molar-refractivity contribution in [3.63, 3.8) is 0 Å². The number of aromatic nitrogens is 2. The molecular weight excluding hydrogens is 294 g/mol. The second kappa shape index (κ2) is 6.05. The second-order valence-corrected chi connectivity index (χ2v) is 7.82. The number of anilines is 1. The molecule has 0 radical (unpaired) electrons. The van der Waals surface area contributed by atoms with Crippen LogP contribution in [0.4, 0.5) is 5.82 Å². The highest BCUT2D eigenvalue weighted by molar-refractivity contribution is 7.90. The van der Waals surface area contributed by atoms with Crippen LogP contribution in [0, 0.1) is 0 Å². The Hall–Kier alpha value is -1.21. The Morgan fingerprint density at radius 1 is 1.30 bits per heavy atom. The molecule has 0 saturated carbocycles. The van der Waals surface area contributed by atoms with E-state index in [0.717, 1.165) is 34.8 Å². The van der Waals surface area contributed by atoms with Gasteiger partial charge in [0.15, 0.2) is 0 Å². The van der Waals surface area contributed by atoms with Gasteiger partial charge in [0.2, 0.25) is 0 Å². The first-order valence-electron chi connectivity index (χ1n) is 6.61. The van der Waals surface area contributed by atoms with Crippen LogP contribution in [0.5, 0.6) is 0 Å². The number of fused-ring (bicyclic) bond motifs is 1. The number of aryl methyl sites for hydroxylation is 1. The van der Waals surface area contributed by atoms with Gasteiger partial charge in [0.25, 0.3) is 0 Å². The normalized spacial score (nSPS) is 11.9. The first-order valence-corrected chi connectivity index (χ1v) is 9.55. The van der Waals surface area contributed by atoms with E-state index in [-0.39, 0.29) is 5.75 Å². The number of rotatable bonds is 6. The highest BCUT2D eigenvalue weighted by Crippen LogP contribution is 2.27. The summed E-state index contributed by atoms with van der Waals surface area (Å²) in [6.45, 7) is 5.21. The molecule has 0 aliphatic rings. The lowest BCUT2D eigenvalue weighted by Crippen LogP contribution is -2.30. The first-order chi connectivity index (χ1) is 9.44. The van der Waals surface area contributed by atoms with Gasteiger partial charge in [-0.3, -0.25) is 0 Å². The molecule has 0 fully saturated rings. The molecular formula is C13H19N3O2S2. The summed E-state index contributed by atoms with van der Waals surface area (Å²) in [6.07, 6.45) is 2.03. The van der Waals surface area contributed by atoms with Crippen LogP contribution in [0.1, 0.15) is 19.7 Å². The van der Waals surface area contributed by atoms with Crippen molar-refractivity contribution in [3.8, 4) is 0 Å². The van der Waals surface area contributed by atoms with Crippen LogP contribution < -0.4 is 4.90 Å². The second-order valence-electron chi connectivity index (χ2n) is 4.67. The highest BCUT2D eigenvalue weighted by Gasteiger charge is 2.15. The molecule has 2 heterocycles. The van der Waals surface area contributed by atoms with Gasteiger partial charge in [-0.05, 0) is 18.4 Å². The van der Waals surface area contributed by atoms with Crippen LogP contribution in [-0.4, -0.2) is 43.5 Å². The van der Waals surface area contributed by atoms with Crippen molar-refractivity contribution < 1.29 is 8.42 Å². The monoisotopic (exact) mass is 313 g/mol. The van der Waals surface area contributed by atoms with Crippen LogP contribution in [-0.2, 0) is 16.3 Å². The SMILES string of the molecule is CCc1nc(N(CC)CCS(C)(=O)=O)c2ccsc2n1. The molecule has 0 unspecified atom stereocenters. The predicted octanol–water partition coefficient (Wildman–Crippen LogP) is 2.12. The highest BCUT2D eigenvalue weighted by atomic mass is 32.2. The standard InChI is InChI=1S/C13H19N3O2S2/c1-4-11-14-12(10-6-8-19-13(10)15-11)16(5-2)7-9-20(3,17)18/h6,8H,4-5,7,9H2,1-3H3. The number of thiophene rings is 1. The van der Waals surface area contributed by atoms with Gasteiger partial charge in [0.05, 0.1) is 11.1 Å². The van der Waals surface area contributed by atoms with Crippen LogP contribution in [0.3, 0.4) is 0 Å². The Labute approximate surface area is 123 Å². The van der Waals surface area contributed by atoms with Gasteiger partial charge < -0.3 is 4.90 Å². The third kappa shape index (κ3) is 3.46. The summed E-state index contributed by atoms with van der Waals surface area (Å²) in [7, 11) is -2.98. The number of hydrogen-bond donors (Lipinski definition) is 0. The third-order valence-electron chi connectivity index (χ3n) is 3.08. The third-order valence-corrected chi connectivity index (χ3v) is 4.81. The molecule has 0 spiro atoms. The summed E-state index contributed by atoms with van der Waals surface area (Å²) in [5.41, 5.74) is 0. The van der Waals surface area contributed by atoms with Crippen LogP contribution in [0.25, 0.3) is 10.2 Å². The summed E-state index contributed by atoms with van der Waals surface area (Å²) in [5.74, 6) is 1.78. The largest absolute Gasteiger partial charge is 0.355 e. The molecule has 0 atom stereocenters. The van der Waals surface area contributed by atoms with Crippen molar-refractivity contribution in [1.29, 1.82) is 0 Å². The molecule has 0 aromatic carbocycles. The maximum absolute atomic E-state index is 11.4. The molecule has 0 N–H and O–H groups in total. The van der Waals surface area contributed by atoms with E-state index in [1.54, 1.807) is 11.3 Å². The topological polar surface area (TPSA) is 63.2 Å². The zero-order valence-corrected chi connectivity index (χ0v) is 13.6. The summed E-state index contributed by atoms with van der Waals surface area (Å²) >= 11 is 1.59. The fourth-order valence-corrected chi connectivity index (χ4v) is 3.30. The molecule has 0 aliphatic heterocycles. The molecule has 2 aromatic rings. The minimum Gasteiger partial charge on any atom is -0.355 e. The van der Waals surface area contributed by atoms with Crippen molar-refractivity contribution in [2.45, 2.75) is 20.3 Å². The van der Waals surface area contributed by atoms with Gasteiger partial charge in [-0.2, -0.15) is 0 Å². The lowest BCUT2D eigenvalue weighted by atomic mass is 10.3. The zero-order chi connectivity index (χ0) is 14.8.